The third-order valence-electron chi connectivity index (χ3n) is 4.84. The highest BCUT2D eigenvalue weighted by atomic mass is 16.2. The summed E-state index contributed by atoms with van der Waals surface area (Å²) in [7, 11) is 0. The van der Waals surface area contributed by atoms with Crippen LogP contribution in [0.15, 0.2) is 43.0 Å². The summed E-state index contributed by atoms with van der Waals surface area (Å²) in [6, 6.07) is 10.6. The van der Waals surface area contributed by atoms with Gasteiger partial charge < -0.3 is 10.2 Å². The van der Waals surface area contributed by atoms with Crippen LogP contribution in [0.5, 0.6) is 0 Å². The lowest BCUT2D eigenvalue weighted by Crippen LogP contribution is -2.69. The fourth-order valence-corrected chi connectivity index (χ4v) is 3.88. The van der Waals surface area contributed by atoms with E-state index in [2.05, 4.69) is 36.2 Å². The highest BCUT2D eigenvalue weighted by Crippen LogP contribution is 2.53. The molecule has 106 valence electrons. The van der Waals surface area contributed by atoms with Crippen LogP contribution in [0.25, 0.3) is 0 Å². The molecular weight excluding hydrogens is 248 g/mol. The topological polar surface area (TPSA) is 32.3 Å². The SMILES string of the molecule is C=CCNC(=O)N1CC2CCCCC21c1ccccc1. The zero-order valence-corrected chi connectivity index (χ0v) is 11.8. The maximum atomic E-state index is 12.4. The van der Waals surface area contributed by atoms with Gasteiger partial charge in [-0.15, -0.1) is 6.58 Å². The predicted octanol–water partition coefficient (Wildman–Crippen LogP) is 3.28. The number of amides is 2. The lowest BCUT2D eigenvalue weighted by molar-refractivity contribution is -0.0791. The van der Waals surface area contributed by atoms with Gasteiger partial charge in [0.2, 0.25) is 0 Å². The molecule has 1 saturated carbocycles. The number of likely N-dealkylation sites (tertiary alicyclic amines) is 1. The number of benzene rings is 1. The van der Waals surface area contributed by atoms with Gasteiger partial charge in [-0.05, 0) is 18.4 Å². The minimum atomic E-state index is -0.0647. The summed E-state index contributed by atoms with van der Waals surface area (Å²) in [5.41, 5.74) is 1.23. The average Bonchev–Trinajstić information content (AvgIpc) is 2.47. The van der Waals surface area contributed by atoms with E-state index >= 15 is 0 Å². The second-order valence-corrected chi connectivity index (χ2v) is 5.82. The van der Waals surface area contributed by atoms with Crippen molar-refractivity contribution in [2.45, 2.75) is 31.2 Å². The highest BCUT2D eigenvalue weighted by Gasteiger charge is 2.56. The van der Waals surface area contributed by atoms with Gasteiger partial charge in [-0.25, -0.2) is 4.79 Å². The summed E-state index contributed by atoms with van der Waals surface area (Å²) in [5, 5.41) is 2.93. The quantitative estimate of drug-likeness (QED) is 0.840. The van der Waals surface area contributed by atoms with Gasteiger partial charge in [0.05, 0.1) is 5.54 Å². The van der Waals surface area contributed by atoms with Crippen molar-refractivity contribution in [1.82, 2.24) is 10.2 Å². The van der Waals surface area contributed by atoms with Gasteiger partial charge in [-0.3, -0.25) is 0 Å². The van der Waals surface area contributed by atoms with E-state index in [0.29, 0.717) is 12.5 Å². The minimum absolute atomic E-state index is 0.0481. The molecule has 0 bridgehead atoms. The van der Waals surface area contributed by atoms with Crippen LogP contribution in [0.1, 0.15) is 31.2 Å². The van der Waals surface area contributed by atoms with E-state index in [0.717, 1.165) is 13.0 Å². The second kappa shape index (κ2) is 5.31. The molecule has 3 heteroatoms. The maximum absolute atomic E-state index is 12.4. The van der Waals surface area contributed by atoms with Crippen LogP contribution in [0.3, 0.4) is 0 Å². The summed E-state index contributed by atoms with van der Waals surface area (Å²) in [6.45, 7) is 5.08. The molecule has 3 rings (SSSR count). The Morgan fingerprint density at radius 3 is 2.90 bits per heavy atom. The van der Waals surface area contributed by atoms with Gasteiger partial charge in [0.15, 0.2) is 0 Å². The molecule has 1 heterocycles. The highest BCUT2D eigenvalue weighted by molar-refractivity contribution is 5.77. The average molecular weight is 270 g/mol. The van der Waals surface area contributed by atoms with Crippen molar-refractivity contribution >= 4 is 6.03 Å². The monoisotopic (exact) mass is 270 g/mol. The molecule has 1 aliphatic heterocycles. The Hall–Kier alpha value is -1.77. The first-order valence-corrected chi connectivity index (χ1v) is 7.51. The Labute approximate surface area is 120 Å². The van der Waals surface area contributed by atoms with Crippen molar-refractivity contribution in [1.29, 1.82) is 0 Å². The molecule has 0 aromatic heterocycles. The summed E-state index contributed by atoms with van der Waals surface area (Å²) < 4.78 is 0. The number of rotatable bonds is 3. The maximum Gasteiger partial charge on any atom is 0.318 e. The van der Waals surface area contributed by atoms with Crippen molar-refractivity contribution in [3.8, 4) is 0 Å². The van der Waals surface area contributed by atoms with Crippen molar-refractivity contribution in [3.63, 3.8) is 0 Å². The summed E-state index contributed by atoms with van der Waals surface area (Å²) in [4.78, 5) is 14.4. The molecule has 2 unspecified atom stereocenters. The molecule has 2 fully saturated rings. The smallest absolute Gasteiger partial charge is 0.318 e. The van der Waals surface area contributed by atoms with Crippen LogP contribution in [0, 0.1) is 5.92 Å². The first kappa shape index (κ1) is 13.2. The van der Waals surface area contributed by atoms with Crippen molar-refractivity contribution in [2.75, 3.05) is 13.1 Å². The molecule has 3 nitrogen and oxygen atoms in total. The first-order valence-electron chi connectivity index (χ1n) is 7.51. The molecule has 1 aromatic carbocycles. The molecule has 1 saturated heterocycles. The van der Waals surface area contributed by atoms with Gasteiger partial charge in [-0.1, -0.05) is 49.2 Å². The Morgan fingerprint density at radius 2 is 2.20 bits per heavy atom. The van der Waals surface area contributed by atoms with Crippen LogP contribution in [0.2, 0.25) is 0 Å². The van der Waals surface area contributed by atoms with Crippen LogP contribution in [-0.2, 0) is 5.54 Å². The number of urea groups is 1. The third-order valence-corrected chi connectivity index (χ3v) is 4.84. The van der Waals surface area contributed by atoms with E-state index in [1.165, 1.54) is 24.8 Å². The van der Waals surface area contributed by atoms with Crippen molar-refractivity contribution < 1.29 is 4.79 Å². The van der Waals surface area contributed by atoms with Crippen LogP contribution in [0.4, 0.5) is 4.79 Å². The van der Waals surface area contributed by atoms with Gasteiger partial charge in [0, 0.05) is 19.0 Å². The lowest BCUT2D eigenvalue weighted by atomic mass is 9.62. The number of nitrogens with zero attached hydrogens (tertiary/aromatic N) is 1. The van der Waals surface area contributed by atoms with Gasteiger partial charge in [0.1, 0.15) is 0 Å². The Morgan fingerprint density at radius 1 is 1.40 bits per heavy atom. The standard InChI is InChI=1S/C17H22N2O/c1-2-12-18-16(20)19-13-15-10-6-7-11-17(15,19)14-8-4-3-5-9-14/h2-5,8-9,15H,1,6-7,10-13H2,(H,18,20). The van der Waals surface area contributed by atoms with Crippen LogP contribution < -0.4 is 5.32 Å². The van der Waals surface area contributed by atoms with Gasteiger partial charge in [-0.2, -0.15) is 0 Å². The minimum Gasteiger partial charge on any atom is -0.335 e. The number of hydrogen-bond donors (Lipinski definition) is 1. The largest absolute Gasteiger partial charge is 0.335 e. The van der Waals surface area contributed by atoms with Crippen molar-refractivity contribution in [2.24, 2.45) is 5.92 Å². The van der Waals surface area contributed by atoms with E-state index < -0.39 is 0 Å². The summed E-state index contributed by atoms with van der Waals surface area (Å²) in [5.74, 6) is 0.619. The van der Waals surface area contributed by atoms with E-state index in [1.54, 1.807) is 6.08 Å². The molecule has 0 spiro atoms. The molecule has 2 amide bonds. The Kier molecular flexibility index (Phi) is 3.51. The molecule has 1 aromatic rings. The lowest BCUT2D eigenvalue weighted by Gasteiger charge is -2.61. The molecule has 0 radical (unpaired) electrons. The van der Waals surface area contributed by atoms with Crippen molar-refractivity contribution in [3.05, 3.63) is 48.6 Å². The number of hydrogen-bond acceptors (Lipinski definition) is 1. The molecule has 20 heavy (non-hydrogen) atoms. The van der Waals surface area contributed by atoms with Gasteiger partial charge in [0.25, 0.3) is 0 Å². The molecule has 1 aliphatic carbocycles. The van der Waals surface area contributed by atoms with E-state index in [9.17, 15) is 4.79 Å². The zero-order chi connectivity index (χ0) is 14.0. The first-order chi connectivity index (χ1) is 9.79. The van der Waals surface area contributed by atoms with E-state index in [1.807, 2.05) is 11.0 Å². The number of fused-ring (bicyclic) bond motifs is 1. The fourth-order valence-electron chi connectivity index (χ4n) is 3.88. The van der Waals surface area contributed by atoms with E-state index in [4.69, 9.17) is 0 Å². The predicted molar refractivity (Wildman–Crippen MR) is 80.4 cm³/mol. The molecule has 2 atom stereocenters. The Balaban J connectivity index is 1.89. The Bertz CT molecular complexity index is 499. The van der Waals surface area contributed by atoms with Crippen LogP contribution >= 0.6 is 0 Å². The normalized spacial score (nSPS) is 28.2. The number of carbonyl (C=O) groups excluding carboxylic acids is 1. The third kappa shape index (κ3) is 1.92. The van der Waals surface area contributed by atoms with Crippen LogP contribution in [-0.4, -0.2) is 24.0 Å². The number of nitrogens with one attached hydrogen (secondary N) is 1. The summed E-state index contributed by atoms with van der Waals surface area (Å²) >= 11 is 0. The molecule has 2 aliphatic rings. The summed E-state index contributed by atoms with van der Waals surface area (Å²) in [6.07, 6.45) is 6.55. The second-order valence-electron chi connectivity index (χ2n) is 5.82. The number of carbonyl (C=O) groups is 1. The molecule has 1 N–H and O–H groups in total. The zero-order valence-electron chi connectivity index (χ0n) is 11.8. The fraction of sp³-hybridized carbons (Fsp3) is 0.471. The molecular formula is C17H22N2O. The van der Waals surface area contributed by atoms with E-state index in [-0.39, 0.29) is 11.6 Å². The van der Waals surface area contributed by atoms with Gasteiger partial charge >= 0.3 is 6.03 Å².